The van der Waals surface area contributed by atoms with E-state index < -0.39 is 18.1 Å². The molecule has 0 spiro atoms. The summed E-state index contributed by atoms with van der Waals surface area (Å²) < 4.78 is 24.7. The third-order valence-corrected chi connectivity index (χ3v) is 2.52. The molecule has 1 aromatic heterocycles. The van der Waals surface area contributed by atoms with Gasteiger partial charge in [-0.15, -0.1) is 0 Å². The molecule has 0 aliphatic carbocycles. The number of hydrogen-bond acceptors (Lipinski definition) is 3. The van der Waals surface area contributed by atoms with E-state index in [1.807, 2.05) is 0 Å². The van der Waals surface area contributed by atoms with Crippen LogP contribution in [0.1, 0.15) is 28.2 Å². The molecule has 0 fully saturated rings. The average molecular weight is 281 g/mol. The molecule has 0 aliphatic heterocycles. The Morgan fingerprint density at radius 1 is 1.67 bits per heavy atom. The van der Waals surface area contributed by atoms with Crippen LogP contribution < -0.4 is 5.73 Å². The minimum Gasteiger partial charge on any atom is -0.478 e. The smallest absolute Gasteiger partial charge is 0.336 e. The van der Waals surface area contributed by atoms with Crippen molar-refractivity contribution in [3.8, 4) is 0 Å². The lowest BCUT2D eigenvalue weighted by molar-refractivity contribution is 0.0694. The number of hydrogen-bond donors (Lipinski definition) is 2. The number of pyridine rings is 1. The van der Waals surface area contributed by atoms with Gasteiger partial charge in [0.2, 0.25) is 0 Å². The number of alkyl halides is 2. The number of aromatic nitrogens is 1. The molecule has 0 aliphatic rings. The highest BCUT2D eigenvalue weighted by molar-refractivity contribution is 9.10. The molecule has 0 saturated heterocycles. The van der Waals surface area contributed by atoms with E-state index in [2.05, 4.69) is 20.9 Å². The van der Waals surface area contributed by atoms with E-state index in [0.717, 1.165) is 6.07 Å². The van der Waals surface area contributed by atoms with Gasteiger partial charge in [0.1, 0.15) is 5.69 Å². The monoisotopic (exact) mass is 280 g/mol. The van der Waals surface area contributed by atoms with Gasteiger partial charge in [-0.3, -0.25) is 0 Å². The van der Waals surface area contributed by atoms with E-state index in [1.54, 1.807) is 0 Å². The third-order valence-electron chi connectivity index (χ3n) is 1.68. The Balaban J connectivity index is 3.40. The van der Waals surface area contributed by atoms with Gasteiger partial charge in [0.15, 0.2) is 0 Å². The Bertz CT molecular complexity index is 398. The average Bonchev–Trinajstić information content (AvgIpc) is 2.17. The molecule has 0 radical (unpaired) electrons. The van der Waals surface area contributed by atoms with Crippen LogP contribution in [0.2, 0.25) is 0 Å². The number of carboxylic acid groups (broad SMARTS) is 1. The van der Waals surface area contributed by atoms with Crippen LogP contribution >= 0.6 is 15.9 Å². The highest BCUT2D eigenvalue weighted by Crippen LogP contribution is 2.29. The van der Waals surface area contributed by atoms with Gasteiger partial charge >= 0.3 is 5.97 Å². The first-order valence-electron chi connectivity index (χ1n) is 3.88. The maximum absolute atomic E-state index is 12.5. The summed E-state index contributed by atoms with van der Waals surface area (Å²) in [4.78, 5) is 14.3. The van der Waals surface area contributed by atoms with Gasteiger partial charge < -0.3 is 10.8 Å². The highest BCUT2D eigenvalue weighted by Gasteiger charge is 2.20. The predicted molar refractivity (Wildman–Crippen MR) is 51.7 cm³/mol. The molecule has 1 rings (SSSR count). The zero-order chi connectivity index (χ0) is 11.6. The number of carbonyl (C=O) groups is 1. The zero-order valence-electron chi connectivity index (χ0n) is 7.38. The standard InChI is InChI=1S/C8H7BrF2N2O2/c9-5-4(8(14)15)1-3(2-12)13-6(5)7(10)11/h1,7H,2,12H2,(H,14,15). The van der Waals surface area contributed by atoms with Gasteiger partial charge in [0.05, 0.1) is 15.7 Å². The van der Waals surface area contributed by atoms with Crippen molar-refractivity contribution >= 4 is 21.9 Å². The molecule has 0 bridgehead atoms. The molecule has 0 saturated carbocycles. The Labute approximate surface area is 92.2 Å². The summed E-state index contributed by atoms with van der Waals surface area (Å²) in [6, 6.07) is 1.16. The van der Waals surface area contributed by atoms with Crippen LogP contribution in [0, 0.1) is 0 Å². The minimum absolute atomic E-state index is 0.0900. The van der Waals surface area contributed by atoms with Crippen molar-refractivity contribution in [2.24, 2.45) is 5.73 Å². The largest absolute Gasteiger partial charge is 0.478 e. The molecule has 1 heterocycles. The van der Waals surface area contributed by atoms with Gasteiger partial charge in [0.25, 0.3) is 6.43 Å². The molecule has 82 valence electrons. The lowest BCUT2D eigenvalue weighted by atomic mass is 10.2. The Hall–Kier alpha value is -1.08. The summed E-state index contributed by atoms with van der Waals surface area (Å²) in [5, 5.41) is 8.75. The van der Waals surface area contributed by atoms with Crippen LogP contribution in [0.15, 0.2) is 10.5 Å². The quantitative estimate of drug-likeness (QED) is 0.887. The van der Waals surface area contributed by atoms with Crippen LogP contribution in [0.25, 0.3) is 0 Å². The Morgan fingerprint density at radius 3 is 2.67 bits per heavy atom. The summed E-state index contributed by atoms with van der Waals surface area (Å²) in [7, 11) is 0. The molecule has 0 amide bonds. The van der Waals surface area contributed by atoms with E-state index in [4.69, 9.17) is 10.8 Å². The maximum atomic E-state index is 12.5. The van der Waals surface area contributed by atoms with Crippen LogP contribution in [0.5, 0.6) is 0 Å². The Kier molecular flexibility index (Phi) is 3.70. The second kappa shape index (κ2) is 4.63. The van der Waals surface area contributed by atoms with E-state index in [0.29, 0.717) is 0 Å². The van der Waals surface area contributed by atoms with Crippen LogP contribution in [-0.4, -0.2) is 16.1 Å². The SMILES string of the molecule is NCc1cc(C(=O)O)c(Br)c(C(F)F)n1. The highest BCUT2D eigenvalue weighted by atomic mass is 79.9. The van der Waals surface area contributed by atoms with Crippen molar-refractivity contribution in [2.45, 2.75) is 13.0 Å². The lowest BCUT2D eigenvalue weighted by Gasteiger charge is -2.08. The van der Waals surface area contributed by atoms with Crippen molar-refractivity contribution in [2.75, 3.05) is 0 Å². The topological polar surface area (TPSA) is 76.2 Å². The van der Waals surface area contributed by atoms with Crippen molar-refractivity contribution in [3.63, 3.8) is 0 Å². The molecule has 4 nitrogen and oxygen atoms in total. The molecular weight excluding hydrogens is 274 g/mol. The van der Waals surface area contributed by atoms with E-state index in [-0.39, 0.29) is 22.3 Å². The van der Waals surface area contributed by atoms with Gasteiger partial charge in [-0.2, -0.15) is 0 Å². The fourth-order valence-electron chi connectivity index (χ4n) is 1.01. The second-order valence-electron chi connectivity index (χ2n) is 2.67. The summed E-state index contributed by atoms with van der Waals surface area (Å²) in [6.07, 6.45) is -2.84. The van der Waals surface area contributed by atoms with Crippen molar-refractivity contribution in [3.05, 3.63) is 27.5 Å². The molecule has 0 atom stereocenters. The molecule has 15 heavy (non-hydrogen) atoms. The summed E-state index contributed by atoms with van der Waals surface area (Å²) >= 11 is 2.78. The number of halogens is 3. The van der Waals surface area contributed by atoms with Crippen molar-refractivity contribution < 1.29 is 18.7 Å². The van der Waals surface area contributed by atoms with E-state index >= 15 is 0 Å². The third kappa shape index (κ3) is 2.48. The maximum Gasteiger partial charge on any atom is 0.336 e. The molecule has 7 heteroatoms. The first-order chi connectivity index (χ1) is 6.97. The number of nitrogens with two attached hydrogens (primary N) is 1. The lowest BCUT2D eigenvalue weighted by Crippen LogP contribution is -2.09. The van der Waals surface area contributed by atoms with Crippen LogP contribution in [-0.2, 0) is 6.54 Å². The minimum atomic E-state index is -2.84. The van der Waals surface area contributed by atoms with Crippen LogP contribution in [0.4, 0.5) is 8.78 Å². The number of carboxylic acids is 1. The first kappa shape index (κ1) is 12.0. The fourth-order valence-corrected chi connectivity index (χ4v) is 1.55. The summed E-state index contributed by atoms with van der Waals surface area (Å²) in [5.41, 5.74) is 4.47. The molecular formula is C8H7BrF2N2O2. The molecule has 0 aromatic carbocycles. The first-order valence-corrected chi connectivity index (χ1v) is 4.67. The molecule has 3 N–H and O–H groups in total. The second-order valence-corrected chi connectivity index (χ2v) is 3.46. The van der Waals surface area contributed by atoms with Gasteiger partial charge in [0, 0.05) is 6.54 Å². The number of aromatic carboxylic acids is 1. The normalized spacial score (nSPS) is 10.7. The van der Waals surface area contributed by atoms with Gasteiger partial charge in [-0.05, 0) is 22.0 Å². The van der Waals surface area contributed by atoms with Crippen molar-refractivity contribution in [1.82, 2.24) is 4.98 Å². The zero-order valence-corrected chi connectivity index (χ0v) is 8.96. The van der Waals surface area contributed by atoms with Gasteiger partial charge in [-0.1, -0.05) is 0 Å². The van der Waals surface area contributed by atoms with Crippen molar-refractivity contribution in [1.29, 1.82) is 0 Å². The number of nitrogens with zero attached hydrogens (tertiary/aromatic N) is 1. The predicted octanol–water partition coefficient (Wildman–Crippen LogP) is 1.94. The molecule has 0 unspecified atom stereocenters. The summed E-state index contributed by atoms with van der Waals surface area (Å²) in [5.74, 6) is -1.30. The summed E-state index contributed by atoms with van der Waals surface area (Å²) in [6.45, 7) is -0.0900. The van der Waals surface area contributed by atoms with E-state index in [9.17, 15) is 13.6 Å². The van der Waals surface area contributed by atoms with Crippen LogP contribution in [0.3, 0.4) is 0 Å². The number of rotatable bonds is 3. The Morgan fingerprint density at radius 2 is 2.27 bits per heavy atom. The van der Waals surface area contributed by atoms with Gasteiger partial charge in [-0.25, -0.2) is 18.6 Å². The fraction of sp³-hybridized carbons (Fsp3) is 0.250. The van der Waals surface area contributed by atoms with E-state index in [1.165, 1.54) is 0 Å². The molecule has 1 aromatic rings.